The molecule has 1 aliphatic carbocycles. The maximum absolute atomic E-state index is 12.3. The van der Waals surface area contributed by atoms with Gasteiger partial charge in [-0.3, -0.25) is 10.2 Å². The number of carbonyl (C=O) groups is 1. The topological polar surface area (TPSA) is 53.2 Å². The van der Waals surface area contributed by atoms with Crippen molar-refractivity contribution in [1.82, 2.24) is 16.2 Å². The first-order valence-corrected chi connectivity index (χ1v) is 8.00. The first-order chi connectivity index (χ1) is 9.65. The smallest absolute Gasteiger partial charge is 0.239 e. The molecule has 1 aromatic rings. The fourth-order valence-electron chi connectivity index (χ4n) is 2.78. The number of benzene rings is 1. The number of hydrazine groups is 1. The highest BCUT2D eigenvalue weighted by Gasteiger charge is 2.38. The second kappa shape index (κ2) is 5.84. The largest absolute Gasteiger partial charge is 0.348 e. The number of nitrogens with one attached hydrogen (secondary N) is 3. The zero-order chi connectivity index (χ0) is 14.1. The lowest BCUT2D eigenvalue weighted by molar-refractivity contribution is -0.123. The molecule has 1 aliphatic heterocycles. The summed E-state index contributed by atoms with van der Waals surface area (Å²) in [7, 11) is 0. The van der Waals surface area contributed by atoms with Crippen LogP contribution in [0, 0.1) is 5.92 Å². The molecule has 0 spiro atoms. The van der Waals surface area contributed by atoms with Gasteiger partial charge in [-0.25, -0.2) is 5.43 Å². The van der Waals surface area contributed by atoms with E-state index in [1.54, 1.807) is 0 Å². The van der Waals surface area contributed by atoms with Crippen LogP contribution in [0.3, 0.4) is 0 Å². The van der Waals surface area contributed by atoms with E-state index in [0.717, 1.165) is 22.4 Å². The Labute approximate surface area is 127 Å². The molecule has 3 rings (SSSR count). The Morgan fingerprint density at radius 1 is 1.35 bits per heavy atom. The van der Waals surface area contributed by atoms with Gasteiger partial charge in [-0.05, 0) is 43.7 Å². The lowest BCUT2D eigenvalue weighted by atomic mass is 10.0. The van der Waals surface area contributed by atoms with Crippen LogP contribution in [0.2, 0.25) is 0 Å². The van der Waals surface area contributed by atoms with Crippen molar-refractivity contribution < 1.29 is 4.79 Å². The predicted octanol–water partition coefficient (Wildman–Crippen LogP) is 2.27. The van der Waals surface area contributed by atoms with Crippen molar-refractivity contribution >= 4 is 21.8 Å². The summed E-state index contributed by atoms with van der Waals surface area (Å²) >= 11 is 3.53. The molecule has 5 heteroatoms. The zero-order valence-electron chi connectivity index (χ0n) is 11.5. The number of amides is 1. The quantitative estimate of drug-likeness (QED) is 0.789. The van der Waals surface area contributed by atoms with E-state index in [1.165, 1.54) is 12.8 Å². The maximum atomic E-state index is 12.3. The second-order valence-electron chi connectivity index (χ2n) is 5.77. The fourth-order valence-corrected chi connectivity index (χ4v) is 3.41. The van der Waals surface area contributed by atoms with Gasteiger partial charge in [-0.1, -0.05) is 34.1 Å². The molecular weight excluding hydrogens is 318 g/mol. The monoisotopic (exact) mass is 337 g/mol. The van der Waals surface area contributed by atoms with Crippen LogP contribution in [0.1, 0.15) is 37.8 Å². The van der Waals surface area contributed by atoms with Crippen LogP contribution < -0.4 is 16.2 Å². The molecule has 1 aromatic carbocycles. The lowest BCUT2D eigenvalue weighted by Crippen LogP contribution is -2.44. The van der Waals surface area contributed by atoms with E-state index in [0.29, 0.717) is 6.04 Å². The average molecular weight is 338 g/mol. The molecule has 108 valence electrons. The van der Waals surface area contributed by atoms with Crippen LogP contribution in [0.25, 0.3) is 0 Å². The molecule has 0 radical (unpaired) electrons. The minimum absolute atomic E-state index is 0.000139. The number of hydrogen-bond donors (Lipinski definition) is 3. The number of hydrogen-bond acceptors (Lipinski definition) is 3. The van der Waals surface area contributed by atoms with E-state index < -0.39 is 0 Å². The van der Waals surface area contributed by atoms with Crippen LogP contribution in [0.4, 0.5) is 0 Å². The molecule has 3 atom stereocenters. The van der Waals surface area contributed by atoms with Gasteiger partial charge in [0, 0.05) is 10.5 Å². The summed E-state index contributed by atoms with van der Waals surface area (Å²) in [5.74, 6) is 0.838. The molecule has 4 nitrogen and oxygen atoms in total. The second-order valence-corrected chi connectivity index (χ2v) is 6.63. The van der Waals surface area contributed by atoms with Crippen molar-refractivity contribution in [2.24, 2.45) is 5.92 Å². The van der Waals surface area contributed by atoms with Crippen LogP contribution >= 0.6 is 15.9 Å². The van der Waals surface area contributed by atoms with Gasteiger partial charge in [0.15, 0.2) is 0 Å². The summed E-state index contributed by atoms with van der Waals surface area (Å²) in [5.41, 5.74) is 7.48. The highest BCUT2D eigenvalue weighted by Crippen LogP contribution is 2.35. The molecule has 1 heterocycles. The predicted molar refractivity (Wildman–Crippen MR) is 81.9 cm³/mol. The van der Waals surface area contributed by atoms with E-state index >= 15 is 0 Å². The molecule has 2 aliphatic rings. The first kappa shape index (κ1) is 14.0. The van der Waals surface area contributed by atoms with Crippen LogP contribution in [0.5, 0.6) is 0 Å². The normalized spacial score (nSPS) is 27.3. The van der Waals surface area contributed by atoms with E-state index in [4.69, 9.17) is 0 Å². The molecule has 1 saturated heterocycles. The molecule has 20 heavy (non-hydrogen) atoms. The third kappa shape index (κ3) is 3.05. The van der Waals surface area contributed by atoms with Gasteiger partial charge in [-0.15, -0.1) is 0 Å². The van der Waals surface area contributed by atoms with Crippen molar-refractivity contribution in [3.63, 3.8) is 0 Å². The Hall–Kier alpha value is -0.910. The van der Waals surface area contributed by atoms with E-state index in [-0.39, 0.29) is 18.0 Å². The molecule has 2 fully saturated rings. The standard InChI is InChI=1S/C15H20BrN3O/c1-9(11-4-2-3-5-12(11)16)17-15(20)14-8-13(18-19-14)10-6-7-10/h2-5,9-10,13-14,18-19H,6-8H2,1H3,(H,17,20). The fraction of sp³-hybridized carbons (Fsp3) is 0.533. The summed E-state index contributed by atoms with van der Waals surface area (Å²) in [4.78, 5) is 12.3. The third-order valence-corrected chi connectivity index (χ3v) is 4.89. The average Bonchev–Trinajstić information content (AvgIpc) is 3.16. The van der Waals surface area contributed by atoms with E-state index in [1.807, 2.05) is 31.2 Å². The Balaban J connectivity index is 1.57. The molecule has 1 saturated carbocycles. The third-order valence-electron chi connectivity index (χ3n) is 4.17. The SMILES string of the molecule is CC(NC(=O)C1CC(C2CC2)NN1)c1ccccc1Br. The molecule has 0 bridgehead atoms. The number of rotatable bonds is 4. The van der Waals surface area contributed by atoms with Crippen molar-refractivity contribution in [3.8, 4) is 0 Å². The minimum Gasteiger partial charge on any atom is -0.348 e. The van der Waals surface area contributed by atoms with E-state index in [2.05, 4.69) is 32.1 Å². The van der Waals surface area contributed by atoms with E-state index in [9.17, 15) is 4.79 Å². The number of halogens is 1. The van der Waals surface area contributed by atoms with Gasteiger partial charge in [0.25, 0.3) is 0 Å². The van der Waals surface area contributed by atoms with Crippen LogP contribution in [-0.4, -0.2) is 18.0 Å². The van der Waals surface area contributed by atoms with Crippen LogP contribution in [-0.2, 0) is 4.79 Å². The van der Waals surface area contributed by atoms with Gasteiger partial charge in [0.05, 0.1) is 6.04 Å². The lowest BCUT2D eigenvalue weighted by Gasteiger charge is -2.18. The highest BCUT2D eigenvalue weighted by atomic mass is 79.9. The Kier molecular flexibility index (Phi) is 4.10. The Morgan fingerprint density at radius 2 is 2.10 bits per heavy atom. The van der Waals surface area contributed by atoms with Gasteiger partial charge in [0.2, 0.25) is 5.91 Å². The summed E-state index contributed by atoms with van der Waals surface area (Å²) < 4.78 is 1.03. The van der Waals surface area contributed by atoms with Crippen molar-refractivity contribution in [1.29, 1.82) is 0 Å². The molecule has 3 N–H and O–H groups in total. The van der Waals surface area contributed by atoms with Crippen molar-refractivity contribution in [2.75, 3.05) is 0 Å². The minimum atomic E-state index is -0.120. The summed E-state index contributed by atoms with van der Waals surface area (Å²) in [6.07, 6.45) is 3.47. The van der Waals surface area contributed by atoms with Crippen molar-refractivity contribution in [2.45, 2.75) is 44.3 Å². The summed E-state index contributed by atoms with van der Waals surface area (Å²) in [5, 5.41) is 3.09. The summed E-state index contributed by atoms with van der Waals surface area (Å²) in [6.45, 7) is 2.01. The molecule has 3 unspecified atom stereocenters. The Morgan fingerprint density at radius 3 is 2.80 bits per heavy atom. The van der Waals surface area contributed by atoms with Gasteiger partial charge < -0.3 is 5.32 Å². The van der Waals surface area contributed by atoms with Crippen LogP contribution in [0.15, 0.2) is 28.7 Å². The zero-order valence-corrected chi connectivity index (χ0v) is 13.1. The number of carbonyl (C=O) groups excluding carboxylic acids is 1. The molecular formula is C15H20BrN3O. The molecule has 1 amide bonds. The summed E-state index contributed by atoms with van der Waals surface area (Å²) in [6, 6.07) is 8.33. The van der Waals surface area contributed by atoms with Crippen molar-refractivity contribution in [3.05, 3.63) is 34.3 Å². The highest BCUT2D eigenvalue weighted by molar-refractivity contribution is 9.10. The van der Waals surface area contributed by atoms with Gasteiger partial charge in [-0.2, -0.15) is 0 Å². The van der Waals surface area contributed by atoms with Gasteiger partial charge >= 0.3 is 0 Å². The first-order valence-electron chi connectivity index (χ1n) is 7.21. The molecule has 0 aromatic heterocycles. The van der Waals surface area contributed by atoms with Gasteiger partial charge in [0.1, 0.15) is 6.04 Å². The Bertz CT molecular complexity index is 504. The maximum Gasteiger partial charge on any atom is 0.239 e.